The maximum absolute atomic E-state index is 11.8. The van der Waals surface area contributed by atoms with E-state index in [1.165, 1.54) is 13.0 Å². The normalized spacial score (nSPS) is 15.0. The van der Waals surface area contributed by atoms with Crippen molar-refractivity contribution in [1.82, 2.24) is 5.32 Å². The van der Waals surface area contributed by atoms with Crippen LogP contribution in [-0.2, 0) is 14.3 Å². The molecule has 1 aromatic carbocycles. The summed E-state index contributed by atoms with van der Waals surface area (Å²) in [7, 11) is 0. The highest BCUT2D eigenvalue weighted by Crippen LogP contribution is 2.28. The lowest BCUT2D eigenvalue weighted by Crippen LogP contribution is -2.46. The first-order valence-electron chi connectivity index (χ1n) is 8.06. The summed E-state index contributed by atoms with van der Waals surface area (Å²) >= 11 is 0. The van der Waals surface area contributed by atoms with Gasteiger partial charge in [0.2, 0.25) is 0 Å². The lowest BCUT2D eigenvalue weighted by molar-refractivity contribution is -0.150. The first-order chi connectivity index (χ1) is 11.9. The number of nitriles is 1. The predicted molar refractivity (Wildman–Crippen MR) is 87.9 cm³/mol. The summed E-state index contributed by atoms with van der Waals surface area (Å²) in [4.78, 5) is 34.8. The minimum absolute atomic E-state index is 0.108. The molecule has 0 unspecified atom stereocenters. The molecule has 0 aliphatic heterocycles. The van der Waals surface area contributed by atoms with Crippen LogP contribution in [0.5, 0.6) is 5.75 Å². The highest BCUT2D eigenvalue weighted by atomic mass is 16.6. The van der Waals surface area contributed by atoms with E-state index in [-0.39, 0.29) is 12.4 Å². The number of esters is 1. The second-order valence-corrected chi connectivity index (χ2v) is 5.98. The van der Waals surface area contributed by atoms with E-state index in [0.29, 0.717) is 24.2 Å². The number of rotatable bonds is 7. The fourth-order valence-electron chi connectivity index (χ4n) is 2.68. The molecule has 1 aliphatic carbocycles. The summed E-state index contributed by atoms with van der Waals surface area (Å²) in [5.74, 6) is -0.956. The number of carbonyl (C=O) groups excluding carboxylic acids is 3. The molecule has 1 fully saturated rings. The summed E-state index contributed by atoms with van der Waals surface area (Å²) in [5, 5.41) is 11.8. The molecule has 132 valence electrons. The number of amides is 1. The number of nitrogens with zero attached hydrogens (tertiary/aromatic N) is 1. The summed E-state index contributed by atoms with van der Waals surface area (Å²) in [6.45, 7) is 0.599. The number of ketones is 1. The van der Waals surface area contributed by atoms with Crippen LogP contribution in [0, 0.1) is 11.3 Å². The third kappa shape index (κ3) is 5.31. The van der Waals surface area contributed by atoms with Gasteiger partial charge in [0.1, 0.15) is 11.3 Å². The molecule has 1 saturated carbocycles. The van der Waals surface area contributed by atoms with Gasteiger partial charge in [-0.2, -0.15) is 5.26 Å². The predicted octanol–water partition coefficient (Wildman–Crippen LogP) is 1.76. The maximum atomic E-state index is 11.8. The van der Waals surface area contributed by atoms with Crippen LogP contribution in [-0.4, -0.2) is 36.4 Å². The Balaban J connectivity index is 1.75. The second kappa shape index (κ2) is 8.29. The molecule has 2 rings (SSSR count). The van der Waals surface area contributed by atoms with Crippen LogP contribution in [0.2, 0.25) is 0 Å². The molecular weight excluding hydrogens is 324 g/mol. The number of ether oxygens (including phenoxy) is 2. The van der Waals surface area contributed by atoms with Gasteiger partial charge >= 0.3 is 5.97 Å². The van der Waals surface area contributed by atoms with Gasteiger partial charge in [0.25, 0.3) is 5.91 Å². The van der Waals surface area contributed by atoms with Crippen molar-refractivity contribution >= 4 is 17.7 Å². The van der Waals surface area contributed by atoms with Gasteiger partial charge in [-0.05, 0) is 44.7 Å². The van der Waals surface area contributed by atoms with Crippen molar-refractivity contribution in [3.05, 3.63) is 29.8 Å². The lowest BCUT2D eigenvalue weighted by atomic mass is 10.00. The molecule has 7 heteroatoms. The molecule has 0 spiro atoms. The number of Topliss-reactive ketones (excluding diaryl/α,β-unsaturated/α-hetero) is 1. The Bertz CT molecular complexity index is 702. The van der Waals surface area contributed by atoms with Crippen LogP contribution < -0.4 is 10.1 Å². The fraction of sp³-hybridized carbons (Fsp3) is 0.444. The fourth-order valence-corrected chi connectivity index (χ4v) is 2.68. The van der Waals surface area contributed by atoms with Gasteiger partial charge in [-0.3, -0.25) is 9.59 Å². The van der Waals surface area contributed by atoms with Crippen molar-refractivity contribution in [1.29, 1.82) is 5.26 Å². The molecule has 1 amide bonds. The van der Waals surface area contributed by atoms with Crippen molar-refractivity contribution in [3.63, 3.8) is 0 Å². The zero-order valence-corrected chi connectivity index (χ0v) is 14.0. The van der Waals surface area contributed by atoms with Crippen LogP contribution in [0.3, 0.4) is 0 Å². The van der Waals surface area contributed by atoms with Gasteiger partial charge in [-0.1, -0.05) is 12.1 Å². The monoisotopic (exact) mass is 344 g/mol. The number of hydrogen-bond acceptors (Lipinski definition) is 6. The van der Waals surface area contributed by atoms with Gasteiger partial charge < -0.3 is 14.8 Å². The first-order valence-corrected chi connectivity index (χ1v) is 8.06. The summed E-state index contributed by atoms with van der Waals surface area (Å²) in [6.07, 6.45) is 3.00. The quantitative estimate of drug-likeness (QED) is 0.597. The molecule has 0 heterocycles. The van der Waals surface area contributed by atoms with E-state index in [4.69, 9.17) is 9.47 Å². The third-order valence-electron chi connectivity index (χ3n) is 4.01. The Morgan fingerprint density at radius 2 is 1.96 bits per heavy atom. The Hall–Kier alpha value is -2.88. The Labute approximate surface area is 145 Å². The highest BCUT2D eigenvalue weighted by Gasteiger charge is 2.35. The van der Waals surface area contributed by atoms with Gasteiger partial charge in [-0.25, -0.2) is 4.79 Å². The van der Waals surface area contributed by atoms with E-state index >= 15 is 0 Å². The van der Waals surface area contributed by atoms with Crippen LogP contribution in [0.1, 0.15) is 43.0 Å². The minimum Gasteiger partial charge on any atom is -0.482 e. The number of hydrogen-bond donors (Lipinski definition) is 1. The maximum Gasteiger partial charge on any atom is 0.344 e. The Morgan fingerprint density at radius 1 is 1.24 bits per heavy atom. The molecule has 0 bridgehead atoms. The zero-order valence-electron chi connectivity index (χ0n) is 14.0. The Morgan fingerprint density at radius 3 is 2.60 bits per heavy atom. The van der Waals surface area contributed by atoms with Crippen molar-refractivity contribution in [2.75, 3.05) is 13.2 Å². The van der Waals surface area contributed by atoms with Crippen LogP contribution >= 0.6 is 0 Å². The van der Waals surface area contributed by atoms with Gasteiger partial charge in [0, 0.05) is 5.56 Å². The lowest BCUT2D eigenvalue weighted by Gasteiger charge is -2.21. The van der Waals surface area contributed by atoms with E-state index in [1.807, 2.05) is 0 Å². The van der Waals surface area contributed by atoms with Crippen LogP contribution in [0.15, 0.2) is 24.3 Å². The zero-order chi connectivity index (χ0) is 18.3. The van der Waals surface area contributed by atoms with E-state index in [9.17, 15) is 19.6 Å². The standard InChI is InChI=1S/C18H20N2O5/c1-13(21)14-5-4-6-15(9-14)24-11-17(23)25-10-16(22)20-18(12-19)7-2-3-8-18/h4-6,9H,2-3,7-8,10-11H2,1H3,(H,20,22). The average Bonchev–Trinajstić information content (AvgIpc) is 3.07. The molecule has 1 aliphatic rings. The number of benzene rings is 1. The molecule has 0 aromatic heterocycles. The summed E-state index contributed by atoms with van der Waals surface area (Å²) in [6, 6.07) is 8.56. The minimum atomic E-state index is -0.840. The average molecular weight is 344 g/mol. The van der Waals surface area contributed by atoms with Gasteiger partial charge in [-0.15, -0.1) is 0 Å². The van der Waals surface area contributed by atoms with Crippen molar-refractivity contribution < 1.29 is 23.9 Å². The summed E-state index contributed by atoms with van der Waals surface area (Å²) in [5.41, 5.74) is -0.365. The Kier molecular flexibility index (Phi) is 6.12. The molecule has 7 nitrogen and oxygen atoms in total. The van der Waals surface area contributed by atoms with Crippen molar-refractivity contribution in [2.24, 2.45) is 0 Å². The van der Waals surface area contributed by atoms with E-state index in [2.05, 4.69) is 11.4 Å². The van der Waals surface area contributed by atoms with Crippen molar-refractivity contribution in [3.8, 4) is 11.8 Å². The topological polar surface area (TPSA) is 105 Å². The van der Waals surface area contributed by atoms with Crippen molar-refractivity contribution in [2.45, 2.75) is 38.1 Å². The van der Waals surface area contributed by atoms with Gasteiger partial charge in [0.15, 0.2) is 19.0 Å². The van der Waals surface area contributed by atoms with Gasteiger partial charge in [0.05, 0.1) is 6.07 Å². The molecule has 0 saturated heterocycles. The third-order valence-corrected chi connectivity index (χ3v) is 4.01. The second-order valence-electron chi connectivity index (χ2n) is 5.98. The highest BCUT2D eigenvalue weighted by molar-refractivity contribution is 5.94. The molecular formula is C18H20N2O5. The molecule has 25 heavy (non-hydrogen) atoms. The molecule has 1 aromatic rings. The van der Waals surface area contributed by atoms with E-state index < -0.39 is 24.0 Å². The summed E-state index contributed by atoms with van der Waals surface area (Å²) < 4.78 is 10.1. The molecule has 1 N–H and O–H groups in total. The smallest absolute Gasteiger partial charge is 0.344 e. The SMILES string of the molecule is CC(=O)c1cccc(OCC(=O)OCC(=O)NC2(C#N)CCCC2)c1. The van der Waals surface area contributed by atoms with Crippen LogP contribution in [0.25, 0.3) is 0 Å². The van der Waals surface area contributed by atoms with Crippen LogP contribution in [0.4, 0.5) is 0 Å². The first kappa shape index (κ1) is 18.5. The largest absolute Gasteiger partial charge is 0.482 e. The van der Waals surface area contributed by atoms with E-state index in [0.717, 1.165) is 12.8 Å². The van der Waals surface area contributed by atoms with E-state index in [1.54, 1.807) is 18.2 Å². The molecule has 0 radical (unpaired) electrons. The molecule has 0 atom stereocenters. The number of carbonyl (C=O) groups is 3. The number of nitrogens with one attached hydrogen (secondary N) is 1.